The van der Waals surface area contributed by atoms with Crippen molar-refractivity contribution in [1.29, 1.82) is 0 Å². The van der Waals surface area contributed by atoms with Crippen LogP contribution in [0.4, 0.5) is 0 Å². The minimum absolute atomic E-state index is 0.00623. The van der Waals surface area contributed by atoms with Crippen molar-refractivity contribution < 1.29 is 19.1 Å². The minimum atomic E-state index is -0.0719. The van der Waals surface area contributed by atoms with Crippen LogP contribution in [0.25, 0.3) is 0 Å². The first-order valence-electron chi connectivity index (χ1n) is 8.59. The van der Waals surface area contributed by atoms with Crippen molar-refractivity contribution in [2.75, 3.05) is 40.4 Å². The highest BCUT2D eigenvalue weighted by molar-refractivity contribution is 14.1. The third kappa shape index (κ3) is 4.35. The van der Waals surface area contributed by atoms with Crippen molar-refractivity contribution >= 4 is 34.4 Å². The topological polar surface area (TPSA) is 59.1 Å². The summed E-state index contributed by atoms with van der Waals surface area (Å²) in [7, 11) is 3.10. The number of amides is 2. The summed E-state index contributed by atoms with van der Waals surface area (Å²) in [6.07, 6.45) is 0. The molecule has 7 heteroatoms. The molecule has 1 heterocycles. The molecule has 0 radical (unpaired) electrons. The molecule has 6 nitrogen and oxygen atoms in total. The quantitative estimate of drug-likeness (QED) is 0.632. The Morgan fingerprint density at radius 1 is 0.815 bits per heavy atom. The predicted molar refractivity (Wildman–Crippen MR) is 111 cm³/mol. The van der Waals surface area contributed by atoms with Crippen LogP contribution in [0.3, 0.4) is 0 Å². The van der Waals surface area contributed by atoms with Crippen molar-refractivity contribution in [3.05, 3.63) is 57.2 Å². The minimum Gasteiger partial charge on any atom is -0.493 e. The number of hydrogen-bond donors (Lipinski definition) is 0. The maximum Gasteiger partial charge on any atom is 0.254 e. The van der Waals surface area contributed by atoms with Crippen molar-refractivity contribution in [3.63, 3.8) is 0 Å². The lowest BCUT2D eigenvalue weighted by atomic mass is 10.1. The molecule has 27 heavy (non-hydrogen) atoms. The number of halogens is 1. The van der Waals surface area contributed by atoms with Crippen molar-refractivity contribution in [1.82, 2.24) is 9.80 Å². The van der Waals surface area contributed by atoms with Gasteiger partial charge in [0.25, 0.3) is 11.8 Å². The highest BCUT2D eigenvalue weighted by Crippen LogP contribution is 2.28. The third-order valence-corrected chi connectivity index (χ3v) is 5.23. The van der Waals surface area contributed by atoms with Gasteiger partial charge in [-0.05, 0) is 59.0 Å². The van der Waals surface area contributed by atoms with Crippen LogP contribution in [-0.2, 0) is 0 Å². The zero-order chi connectivity index (χ0) is 19.4. The summed E-state index contributed by atoms with van der Waals surface area (Å²) in [5.74, 6) is 1.04. The summed E-state index contributed by atoms with van der Waals surface area (Å²) in [5, 5.41) is 0. The average molecular weight is 480 g/mol. The fourth-order valence-corrected chi connectivity index (χ4v) is 3.61. The number of piperazine rings is 1. The van der Waals surface area contributed by atoms with E-state index in [0.717, 1.165) is 3.57 Å². The lowest BCUT2D eigenvalue weighted by Gasteiger charge is -2.35. The zero-order valence-corrected chi connectivity index (χ0v) is 17.4. The van der Waals surface area contributed by atoms with Crippen LogP contribution in [0, 0.1) is 3.57 Å². The number of methoxy groups -OCH3 is 2. The maximum absolute atomic E-state index is 12.8. The number of rotatable bonds is 4. The van der Waals surface area contributed by atoms with Gasteiger partial charge in [0.2, 0.25) is 0 Å². The number of carbonyl (C=O) groups excluding carboxylic acids is 2. The second kappa shape index (κ2) is 8.60. The summed E-state index contributed by atoms with van der Waals surface area (Å²) in [6, 6.07) is 12.7. The molecular weight excluding hydrogens is 459 g/mol. The summed E-state index contributed by atoms with van der Waals surface area (Å²) >= 11 is 2.20. The molecule has 0 bridgehead atoms. The molecule has 2 amide bonds. The Morgan fingerprint density at radius 3 is 1.89 bits per heavy atom. The van der Waals surface area contributed by atoms with Gasteiger partial charge < -0.3 is 19.3 Å². The predicted octanol–water partition coefficient (Wildman–Crippen LogP) is 2.91. The van der Waals surface area contributed by atoms with Crippen LogP contribution >= 0.6 is 22.6 Å². The monoisotopic (exact) mass is 480 g/mol. The third-order valence-electron chi connectivity index (χ3n) is 4.56. The molecule has 3 rings (SSSR count). The van der Waals surface area contributed by atoms with Gasteiger partial charge in [0, 0.05) is 40.9 Å². The summed E-state index contributed by atoms with van der Waals surface area (Å²) < 4.78 is 11.5. The molecule has 1 aliphatic heterocycles. The molecule has 2 aromatic carbocycles. The van der Waals surface area contributed by atoms with Crippen LogP contribution in [0.1, 0.15) is 20.7 Å². The van der Waals surface area contributed by atoms with E-state index in [9.17, 15) is 9.59 Å². The van der Waals surface area contributed by atoms with Gasteiger partial charge in [0.15, 0.2) is 11.5 Å². The van der Waals surface area contributed by atoms with Gasteiger partial charge in [-0.25, -0.2) is 0 Å². The van der Waals surface area contributed by atoms with E-state index >= 15 is 0 Å². The van der Waals surface area contributed by atoms with Crippen LogP contribution in [0.2, 0.25) is 0 Å². The maximum atomic E-state index is 12.8. The van der Waals surface area contributed by atoms with Gasteiger partial charge in [-0.15, -0.1) is 0 Å². The first-order chi connectivity index (χ1) is 13.0. The first kappa shape index (κ1) is 19.5. The lowest BCUT2D eigenvalue weighted by molar-refractivity contribution is 0.0535. The van der Waals surface area contributed by atoms with E-state index < -0.39 is 0 Å². The van der Waals surface area contributed by atoms with Gasteiger partial charge in [-0.3, -0.25) is 9.59 Å². The van der Waals surface area contributed by atoms with Gasteiger partial charge in [0.1, 0.15) is 0 Å². The first-order valence-corrected chi connectivity index (χ1v) is 9.67. The van der Waals surface area contributed by atoms with E-state index in [1.807, 2.05) is 24.3 Å². The Kier molecular flexibility index (Phi) is 6.20. The molecular formula is C20H21IN2O4. The van der Waals surface area contributed by atoms with Crippen LogP contribution in [-0.4, -0.2) is 62.0 Å². The number of ether oxygens (including phenoxy) is 2. The SMILES string of the molecule is COc1ccc(C(=O)N2CCN(C(=O)c3cccc(I)c3)CC2)cc1OC. The Morgan fingerprint density at radius 2 is 1.37 bits per heavy atom. The second-order valence-electron chi connectivity index (χ2n) is 6.16. The van der Waals surface area contributed by atoms with Crippen molar-refractivity contribution in [2.24, 2.45) is 0 Å². The smallest absolute Gasteiger partial charge is 0.254 e. The van der Waals surface area contributed by atoms with Crippen LogP contribution in [0.15, 0.2) is 42.5 Å². The highest BCUT2D eigenvalue weighted by atomic mass is 127. The molecule has 142 valence electrons. The fourth-order valence-electron chi connectivity index (χ4n) is 3.07. The Balaban J connectivity index is 1.65. The van der Waals surface area contributed by atoms with Crippen LogP contribution < -0.4 is 9.47 Å². The molecule has 0 unspecified atom stereocenters. The van der Waals surface area contributed by atoms with Crippen molar-refractivity contribution in [2.45, 2.75) is 0 Å². The molecule has 0 aromatic heterocycles. The second-order valence-corrected chi connectivity index (χ2v) is 7.41. The normalized spacial score (nSPS) is 14.0. The number of nitrogens with zero attached hydrogens (tertiary/aromatic N) is 2. The highest BCUT2D eigenvalue weighted by Gasteiger charge is 2.26. The Labute approximate surface area is 172 Å². The van der Waals surface area contributed by atoms with Gasteiger partial charge in [-0.2, -0.15) is 0 Å². The molecule has 2 aromatic rings. The molecule has 0 atom stereocenters. The molecule has 0 saturated carbocycles. The van der Waals surface area contributed by atoms with Crippen LogP contribution in [0.5, 0.6) is 11.5 Å². The zero-order valence-electron chi connectivity index (χ0n) is 15.3. The van der Waals surface area contributed by atoms with E-state index in [4.69, 9.17) is 9.47 Å². The molecule has 1 saturated heterocycles. The number of carbonyl (C=O) groups is 2. The molecule has 0 aliphatic carbocycles. The van der Waals surface area contributed by atoms with Crippen molar-refractivity contribution in [3.8, 4) is 11.5 Å². The Hall–Kier alpha value is -2.29. The van der Waals surface area contributed by atoms with Gasteiger partial charge in [0.05, 0.1) is 14.2 Å². The summed E-state index contributed by atoms with van der Waals surface area (Å²) in [6.45, 7) is 2.04. The Bertz CT molecular complexity index is 848. The van der Waals surface area contributed by atoms with E-state index in [-0.39, 0.29) is 11.8 Å². The largest absolute Gasteiger partial charge is 0.493 e. The van der Waals surface area contributed by atoms with E-state index in [1.165, 1.54) is 0 Å². The molecule has 1 aliphatic rings. The lowest BCUT2D eigenvalue weighted by Crippen LogP contribution is -2.50. The molecule has 1 fully saturated rings. The standard InChI is InChI=1S/C20H21IN2O4/c1-26-17-7-6-15(13-18(17)27-2)20(25)23-10-8-22(9-11-23)19(24)14-4-3-5-16(21)12-14/h3-7,12-13H,8-11H2,1-2H3. The summed E-state index contributed by atoms with van der Waals surface area (Å²) in [4.78, 5) is 29.0. The summed E-state index contributed by atoms with van der Waals surface area (Å²) in [5.41, 5.74) is 1.23. The van der Waals surface area contributed by atoms with Gasteiger partial charge >= 0.3 is 0 Å². The van der Waals surface area contributed by atoms with Gasteiger partial charge in [-0.1, -0.05) is 6.07 Å². The fraction of sp³-hybridized carbons (Fsp3) is 0.300. The van der Waals surface area contributed by atoms with E-state index in [0.29, 0.717) is 48.8 Å². The van der Waals surface area contributed by atoms with E-state index in [2.05, 4.69) is 22.6 Å². The average Bonchev–Trinajstić information content (AvgIpc) is 2.72. The van der Waals surface area contributed by atoms with E-state index in [1.54, 1.807) is 42.2 Å². The molecule has 0 spiro atoms. The number of hydrogen-bond acceptors (Lipinski definition) is 4. The number of benzene rings is 2. The molecule has 0 N–H and O–H groups in total.